The molecule has 1 unspecified atom stereocenters. The monoisotopic (exact) mass is 320 g/mol. The highest BCUT2D eigenvalue weighted by Crippen LogP contribution is 2.34. The van der Waals surface area contributed by atoms with E-state index in [2.05, 4.69) is 66.1 Å². The van der Waals surface area contributed by atoms with Crippen LogP contribution >= 0.6 is 0 Å². The van der Waals surface area contributed by atoms with E-state index < -0.39 is 0 Å². The average Bonchev–Trinajstić information content (AvgIpc) is 2.52. The molecule has 0 heterocycles. The van der Waals surface area contributed by atoms with Crippen LogP contribution in [0.5, 0.6) is 0 Å². The molecule has 0 spiro atoms. The van der Waals surface area contributed by atoms with Crippen LogP contribution in [-0.2, 0) is 0 Å². The van der Waals surface area contributed by atoms with E-state index in [4.69, 9.17) is 0 Å². The fourth-order valence-electron chi connectivity index (χ4n) is 3.26. The number of hydrogen-bond acceptors (Lipinski definition) is 0. The molecule has 1 atom stereocenters. The largest absolute Gasteiger partial charge is 0.103 e. The molecule has 24 heavy (non-hydrogen) atoms. The first-order valence-electron chi connectivity index (χ1n) is 8.70. The third kappa shape index (κ3) is 4.96. The summed E-state index contributed by atoms with van der Waals surface area (Å²) < 4.78 is 0. The normalized spacial score (nSPS) is 12.8. The summed E-state index contributed by atoms with van der Waals surface area (Å²) in [5, 5.41) is 0. The maximum atomic E-state index is 4.45. The van der Waals surface area contributed by atoms with E-state index in [1.165, 1.54) is 33.4 Å². The first-order valence-corrected chi connectivity index (χ1v) is 8.70. The first kappa shape index (κ1) is 20.0. The van der Waals surface area contributed by atoms with E-state index in [0.29, 0.717) is 11.8 Å². The van der Waals surface area contributed by atoms with Crippen LogP contribution in [0, 0.1) is 19.8 Å². The van der Waals surface area contributed by atoms with E-state index in [1.54, 1.807) is 0 Å². The lowest BCUT2D eigenvalue weighted by atomic mass is 9.82. The number of aryl methyl sites for hydroxylation is 2. The second kappa shape index (κ2) is 9.27. The molecule has 128 valence electrons. The average molecular weight is 321 g/mol. The molecule has 0 aliphatic carbocycles. The Labute approximate surface area is 149 Å². The van der Waals surface area contributed by atoms with Crippen molar-refractivity contribution in [2.24, 2.45) is 5.92 Å². The molecule has 0 amide bonds. The van der Waals surface area contributed by atoms with Crippen molar-refractivity contribution >= 4 is 5.57 Å². The highest BCUT2D eigenvalue weighted by atomic mass is 14.2. The van der Waals surface area contributed by atoms with Gasteiger partial charge in [0.2, 0.25) is 0 Å². The van der Waals surface area contributed by atoms with Crippen molar-refractivity contribution in [2.45, 2.75) is 46.5 Å². The van der Waals surface area contributed by atoms with Gasteiger partial charge in [-0.05, 0) is 71.9 Å². The smallest absolute Gasteiger partial charge is 0.00869 e. The van der Waals surface area contributed by atoms with Crippen LogP contribution in [0.15, 0.2) is 68.3 Å². The van der Waals surface area contributed by atoms with E-state index in [0.717, 1.165) is 12.8 Å². The lowest BCUT2D eigenvalue weighted by Crippen LogP contribution is -2.06. The van der Waals surface area contributed by atoms with E-state index in [-0.39, 0.29) is 0 Å². The van der Waals surface area contributed by atoms with Crippen molar-refractivity contribution in [3.05, 3.63) is 90.6 Å². The van der Waals surface area contributed by atoms with Gasteiger partial charge >= 0.3 is 0 Å². The van der Waals surface area contributed by atoms with Crippen LogP contribution in [0.2, 0.25) is 0 Å². The maximum absolute atomic E-state index is 4.45. The van der Waals surface area contributed by atoms with Gasteiger partial charge in [-0.25, -0.2) is 0 Å². The van der Waals surface area contributed by atoms with Crippen LogP contribution in [-0.4, -0.2) is 0 Å². The molecule has 0 saturated heterocycles. The number of benzene rings is 1. The third-order valence-electron chi connectivity index (χ3n) is 4.60. The van der Waals surface area contributed by atoms with Gasteiger partial charge in [0, 0.05) is 0 Å². The fourth-order valence-corrected chi connectivity index (χ4v) is 3.26. The number of rotatable bonds is 9. The SMILES string of the molecule is C=C/C=C(\C=C)CC(CC=C)C(=C)c1cc(C(C)C)c(C)cc1C. The summed E-state index contributed by atoms with van der Waals surface area (Å²) >= 11 is 0. The van der Waals surface area contributed by atoms with Gasteiger partial charge in [0.25, 0.3) is 0 Å². The zero-order valence-corrected chi connectivity index (χ0v) is 15.9. The molecule has 0 radical (unpaired) electrons. The standard InChI is InChI=1S/C24H32/c1-9-12-21(11-3)15-22(13-10-2)20(8)24-16-23(17(4)5)18(6)14-19(24)7/h9-12,14,16-17,22H,1-3,8,13,15H2,4-7H3/b21-12+. The van der Waals surface area contributed by atoms with Gasteiger partial charge < -0.3 is 0 Å². The van der Waals surface area contributed by atoms with Crippen molar-refractivity contribution < 1.29 is 0 Å². The van der Waals surface area contributed by atoms with Crippen molar-refractivity contribution in [1.82, 2.24) is 0 Å². The molecule has 0 fully saturated rings. The molecule has 0 aromatic heterocycles. The maximum Gasteiger partial charge on any atom is -0.00869 e. The van der Waals surface area contributed by atoms with Crippen molar-refractivity contribution in [3.63, 3.8) is 0 Å². The molecular formula is C24H32. The summed E-state index contributed by atoms with van der Waals surface area (Å²) in [6.07, 6.45) is 9.55. The van der Waals surface area contributed by atoms with Crippen LogP contribution in [0.3, 0.4) is 0 Å². The van der Waals surface area contributed by atoms with E-state index in [9.17, 15) is 0 Å². The molecule has 0 N–H and O–H groups in total. The molecule has 0 saturated carbocycles. The Morgan fingerprint density at radius 1 is 1.08 bits per heavy atom. The highest BCUT2D eigenvalue weighted by molar-refractivity contribution is 5.70. The molecule has 1 aromatic rings. The number of allylic oxidation sites excluding steroid dienone is 6. The Bertz CT molecular complexity index is 653. The van der Waals surface area contributed by atoms with Gasteiger partial charge in [0.1, 0.15) is 0 Å². The van der Waals surface area contributed by atoms with Crippen molar-refractivity contribution in [1.29, 1.82) is 0 Å². The van der Waals surface area contributed by atoms with Gasteiger partial charge in [-0.1, -0.05) is 70.0 Å². The second-order valence-electron chi connectivity index (χ2n) is 6.81. The van der Waals surface area contributed by atoms with Crippen LogP contribution in [0.25, 0.3) is 5.57 Å². The summed E-state index contributed by atoms with van der Waals surface area (Å²) in [6.45, 7) is 24.9. The lowest BCUT2D eigenvalue weighted by molar-refractivity contribution is 0.682. The predicted octanol–water partition coefficient (Wildman–Crippen LogP) is 7.32. The van der Waals surface area contributed by atoms with Gasteiger partial charge in [0.15, 0.2) is 0 Å². The Hall–Kier alpha value is -2.08. The minimum Gasteiger partial charge on any atom is -0.103 e. The van der Waals surface area contributed by atoms with Crippen LogP contribution < -0.4 is 0 Å². The Kier molecular flexibility index (Phi) is 7.71. The van der Waals surface area contributed by atoms with Crippen molar-refractivity contribution in [3.8, 4) is 0 Å². The molecule has 0 aliphatic rings. The third-order valence-corrected chi connectivity index (χ3v) is 4.60. The molecule has 0 aliphatic heterocycles. The molecule has 1 rings (SSSR count). The van der Waals surface area contributed by atoms with Crippen LogP contribution in [0.4, 0.5) is 0 Å². The molecule has 1 aromatic carbocycles. The summed E-state index contributed by atoms with van der Waals surface area (Å²) in [5.74, 6) is 0.840. The van der Waals surface area contributed by atoms with Crippen molar-refractivity contribution in [2.75, 3.05) is 0 Å². The van der Waals surface area contributed by atoms with Crippen LogP contribution in [0.1, 0.15) is 54.9 Å². The van der Waals surface area contributed by atoms with Gasteiger partial charge in [-0.2, -0.15) is 0 Å². The summed E-state index contributed by atoms with van der Waals surface area (Å²) in [4.78, 5) is 0. The van der Waals surface area contributed by atoms with E-state index >= 15 is 0 Å². The zero-order chi connectivity index (χ0) is 18.3. The van der Waals surface area contributed by atoms with Gasteiger partial charge in [-0.3, -0.25) is 0 Å². The van der Waals surface area contributed by atoms with Gasteiger partial charge in [-0.15, -0.1) is 6.58 Å². The van der Waals surface area contributed by atoms with E-state index in [1.807, 2.05) is 24.3 Å². The first-order chi connectivity index (χ1) is 11.3. The summed E-state index contributed by atoms with van der Waals surface area (Å²) in [7, 11) is 0. The summed E-state index contributed by atoms with van der Waals surface area (Å²) in [6, 6.07) is 4.62. The summed E-state index contributed by atoms with van der Waals surface area (Å²) in [5.41, 5.74) is 7.71. The lowest BCUT2D eigenvalue weighted by Gasteiger charge is -2.23. The highest BCUT2D eigenvalue weighted by Gasteiger charge is 2.17. The molecule has 0 heteroatoms. The second-order valence-corrected chi connectivity index (χ2v) is 6.81. The molecular weight excluding hydrogens is 288 g/mol. The Morgan fingerprint density at radius 2 is 1.75 bits per heavy atom. The van der Waals surface area contributed by atoms with Gasteiger partial charge in [0.05, 0.1) is 0 Å². The minimum absolute atomic E-state index is 0.327. The minimum atomic E-state index is 0.327. The Morgan fingerprint density at radius 3 is 2.25 bits per heavy atom. The molecule has 0 nitrogen and oxygen atoms in total. The number of hydrogen-bond donors (Lipinski definition) is 0. The predicted molar refractivity (Wildman–Crippen MR) is 110 cm³/mol. The molecule has 0 bridgehead atoms. The fraction of sp³-hybridized carbons (Fsp3) is 0.333. The quantitative estimate of drug-likeness (QED) is 0.330. The zero-order valence-electron chi connectivity index (χ0n) is 15.9. The topological polar surface area (TPSA) is 0 Å². The Balaban J connectivity index is 3.26.